The second kappa shape index (κ2) is 9.58. The molecule has 4 aromatic rings. The van der Waals surface area contributed by atoms with E-state index in [1.807, 2.05) is 66.1 Å². The standard InChI is InChI=1S/C25H21ClN2O4/c1-2-31-27-23(17-7-6-10-20(13-17)32-19-8-4-3-5-9-19)16-28-15-22(25(29)30)21-14-18(26)11-12-24(21)28/h3-15H,2,16H2,1H3,(H,29,30). The molecule has 162 valence electrons. The Kier molecular flexibility index (Phi) is 6.42. The van der Waals surface area contributed by atoms with Crippen LogP contribution >= 0.6 is 11.6 Å². The maximum atomic E-state index is 11.8. The number of carboxylic acid groups (broad SMARTS) is 1. The van der Waals surface area contributed by atoms with E-state index in [1.165, 1.54) is 0 Å². The number of hydrogen-bond acceptors (Lipinski definition) is 4. The number of halogens is 1. The Hall–Kier alpha value is -3.77. The zero-order chi connectivity index (χ0) is 22.5. The lowest BCUT2D eigenvalue weighted by Crippen LogP contribution is -2.12. The number of fused-ring (bicyclic) bond motifs is 1. The van der Waals surface area contributed by atoms with Crippen molar-refractivity contribution in [3.63, 3.8) is 0 Å². The van der Waals surface area contributed by atoms with Gasteiger partial charge < -0.3 is 19.2 Å². The normalized spacial score (nSPS) is 11.5. The Balaban J connectivity index is 1.70. The fourth-order valence-electron chi connectivity index (χ4n) is 3.41. The number of benzene rings is 3. The number of hydrogen-bond donors (Lipinski definition) is 1. The van der Waals surface area contributed by atoms with Gasteiger partial charge in [0.25, 0.3) is 0 Å². The summed E-state index contributed by atoms with van der Waals surface area (Å²) in [4.78, 5) is 17.1. The van der Waals surface area contributed by atoms with Gasteiger partial charge in [0, 0.05) is 27.7 Å². The first-order chi connectivity index (χ1) is 15.5. The summed E-state index contributed by atoms with van der Waals surface area (Å²) in [5.41, 5.74) is 2.36. The molecule has 32 heavy (non-hydrogen) atoms. The predicted octanol–water partition coefficient (Wildman–Crippen LogP) is 6.23. The lowest BCUT2D eigenvalue weighted by Gasteiger charge is -2.11. The predicted molar refractivity (Wildman–Crippen MR) is 125 cm³/mol. The minimum atomic E-state index is -1.02. The molecule has 0 fully saturated rings. The minimum absolute atomic E-state index is 0.180. The van der Waals surface area contributed by atoms with Gasteiger partial charge in [0.2, 0.25) is 0 Å². The Bertz CT molecular complexity index is 1280. The van der Waals surface area contributed by atoms with Crippen molar-refractivity contribution in [2.45, 2.75) is 13.5 Å². The van der Waals surface area contributed by atoms with Crippen molar-refractivity contribution in [3.05, 3.63) is 95.1 Å². The molecule has 6 nitrogen and oxygen atoms in total. The Morgan fingerprint density at radius 2 is 1.81 bits per heavy atom. The van der Waals surface area contributed by atoms with Crippen LogP contribution in [0.25, 0.3) is 10.9 Å². The van der Waals surface area contributed by atoms with Gasteiger partial charge in [0.05, 0.1) is 12.1 Å². The number of carboxylic acids is 1. The van der Waals surface area contributed by atoms with Crippen molar-refractivity contribution in [3.8, 4) is 11.5 Å². The summed E-state index contributed by atoms with van der Waals surface area (Å²) in [6.07, 6.45) is 1.59. The molecule has 0 unspecified atom stereocenters. The maximum Gasteiger partial charge on any atom is 0.337 e. The number of carbonyl (C=O) groups is 1. The van der Waals surface area contributed by atoms with Crippen LogP contribution in [0.1, 0.15) is 22.8 Å². The summed E-state index contributed by atoms with van der Waals surface area (Å²) in [5.74, 6) is 0.373. The Labute approximate surface area is 190 Å². The van der Waals surface area contributed by atoms with Gasteiger partial charge in [0.1, 0.15) is 23.8 Å². The lowest BCUT2D eigenvalue weighted by molar-refractivity contribution is 0.0699. The minimum Gasteiger partial charge on any atom is -0.478 e. The monoisotopic (exact) mass is 448 g/mol. The van der Waals surface area contributed by atoms with Gasteiger partial charge in [-0.25, -0.2) is 4.79 Å². The second-order valence-electron chi connectivity index (χ2n) is 7.04. The molecule has 0 aliphatic heterocycles. The summed E-state index contributed by atoms with van der Waals surface area (Å²) < 4.78 is 7.78. The van der Waals surface area contributed by atoms with E-state index in [9.17, 15) is 9.90 Å². The molecule has 0 saturated heterocycles. The highest BCUT2D eigenvalue weighted by Crippen LogP contribution is 2.27. The fourth-order valence-corrected chi connectivity index (χ4v) is 3.58. The third-order valence-electron chi connectivity index (χ3n) is 4.84. The molecular weight excluding hydrogens is 428 g/mol. The largest absolute Gasteiger partial charge is 0.478 e. The number of aromatic nitrogens is 1. The molecule has 0 saturated carbocycles. The molecule has 1 aromatic heterocycles. The highest BCUT2D eigenvalue weighted by atomic mass is 35.5. The van der Waals surface area contributed by atoms with Crippen LogP contribution in [0.2, 0.25) is 5.02 Å². The van der Waals surface area contributed by atoms with Gasteiger partial charge in [-0.3, -0.25) is 0 Å². The van der Waals surface area contributed by atoms with Gasteiger partial charge in [-0.1, -0.05) is 47.1 Å². The first kappa shape index (κ1) is 21.5. The summed E-state index contributed by atoms with van der Waals surface area (Å²) in [7, 11) is 0. The van der Waals surface area contributed by atoms with Gasteiger partial charge in [-0.15, -0.1) is 0 Å². The number of aromatic carboxylic acids is 1. The average molecular weight is 449 g/mol. The van der Waals surface area contributed by atoms with E-state index in [-0.39, 0.29) is 5.56 Å². The quantitative estimate of drug-likeness (QED) is 0.256. The van der Waals surface area contributed by atoms with Gasteiger partial charge in [0.15, 0.2) is 0 Å². The summed E-state index contributed by atoms with van der Waals surface area (Å²) in [5, 5.41) is 15.0. The maximum absolute atomic E-state index is 11.8. The van der Waals surface area contributed by atoms with Gasteiger partial charge >= 0.3 is 5.97 Å². The zero-order valence-electron chi connectivity index (χ0n) is 17.4. The number of nitrogens with zero attached hydrogens (tertiary/aromatic N) is 2. The van der Waals surface area contributed by atoms with Crippen molar-refractivity contribution in [2.24, 2.45) is 5.16 Å². The van der Waals surface area contributed by atoms with Crippen LogP contribution < -0.4 is 4.74 Å². The molecule has 0 aliphatic rings. The van der Waals surface area contributed by atoms with Crippen molar-refractivity contribution in [1.29, 1.82) is 0 Å². The molecule has 3 aromatic carbocycles. The molecule has 0 aliphatic carbocycles. The van der Waals surface area contributed by atoms with Crippen molar-refractivity contribution in [1.82, 2.24) is 4.57 Å². The van der Waals surface area contributed by atoms with Crippen LogP contribution in [0.4, 0.5) is 0 Å². The third-order valence-corrected chi connectivity index (χ3v) is 5.08. The first-order valence-corrected chi connectivity index (χ1v) is 10.5. The summed E-state index contributed by atoms with van der Waals surface area (Å²) >= 11 is 6.10. The molecule has 0 bridgehead atoms. The topological polar surface area (TPSA) is 73.1 Å². The van der Waals surface area contributed by atoms with Gasteiger partial charge in [-0.2, -0.15) is 0 Å². The van der Waals surface area contributed by atoms with Gasteiger partial charge in [-0.05, 0) is 49.4 Å². The SMILES string of the molecule is CCON=C(Cn1cc(C(=O)O)c2cc(Cl)ccc21)c1cccc(Oc2ccccc2)c1. The van der Waals surface area contributed by atoms with E-state index < -0.39 is 5.97 Å². The van der Waals surface area contributed by atoms with E-state index in [4.69, 9.17) is 21.2 Å². The molecule has 0 amide bonds. The van der Waals surface area contributed by atoms with E-state index in [0.717, 1.165) is 16.8 Å². The molecule has 0 atom stereocenters. The molecular formula is C25H21ClN2O4. The van der Waals surface area contributed by atoms with E-state index >= 15 is 0 Å². The first-order valence-electron chi connectivity index (χ1n) is 10.1. The third kappa shape index (κ3) is 4.76. The van der Waals surface area contributed by atoms with Crippen LogP contribution in [0.5, 0.6) is 11.5 Å². The Morgan fingerprint density at radius 1 is 1.03 bits per heavy atom. The lowest BCUT2D eigenvalue weighted by atomic mass is 10.1. The van der Waals surface area contributed by atoms with Crippen LogP contribution in [0.3, 0.4) is 0 Å². The molecule has 7 heteroatoms. The van der Waals surface area contributed by atoms with E-state index in [1.54, 1.807) is 24.4 Å². The number of para-hydroxylation sites is 1. The van der Waals surface area contributed by atoms with Crippen molar-refractivity contribution < 1.29 is 19.5 Å². The van der Waals surface area contributed by atoms with Crippen LogP contribution in [-0.2, 0) is 11.4 Å². The van der Waals surface area contributed by atoms with Crippen molar-refractivity contribution in [2.75, 3.05) is 6.61 Å². The average Bonchev–Trinajstić information content (AvgIpc) is 3.15. The molecule has 0 spiro atoms. The summed E-state index contributed by atoms with van der Waals surface area (Å²) in [6, 6.07) is 22.2. The second-order valence-corrected chi connectivity index (χ2v) is 7.47. The van der Waals surface area contributed by atoms with Crippen LogP contribution in [0.15, 0.2) is 84.1 Å². The van der Waals surface area contributed by atoms with Crippen molar-refractivity contribution >= 4 is 34.2 Å². The highest BCUT2D eigenvalue weighted by molar-refractivity contribution is 6.31. The highest BCUT2D eigenvalue weighted by Gasteiger charge is 2.17. The number of oxime groups is 1. The van der Waals surface area contributed by atoms with Crippen LogP contribution in [-0.4, -0.2) is 28.0 Å². The van der Waals surface area contributed by atoms with E-state index in [0.29, 0.717) is 35.0 Å². The van der Waals surface area contributed by atoms with E-state index in [2.05, 4.69) is 5.16 Å². The molecule has 0 radical (unpaired) electrons. The molecule has 4 rings (SSSR count). The molecule has 1 heterocycles. The fraction of sp³-hybridized carbons (Fsp3) is 0.120. The number of rotatable bonds is 8. The molecule has 1 N–H and O–H groups in total. The zero-order valence-corrected chi connectivity index (χ0v) is 18.1. The number of ether oxygens (including phenoxy) is 1. The van der Waals surface area contributed by atoms with Crippen LogP contribution in [0, 0.1) is 0 Å². The smallest absolute Gasteiger partial charge is 0.337 e. The Morgan fingerprint density at radius 3 is 2.56 bits per heavy atom. The summed E-state index contributed by atoms with van der Waals surface area (Å²) in [6.45, 7) is 2.57.